The van der Waals surface area contributed by atoms with E-state index < -0.39 is 5.82 Å². The average Bonchev–Trinajstić information content (AvgIpc) is 2.43. The Bertz CT molecular complexity index is 618. The van der Waals surface area contributed by atoms with Crippen LogP contribution in [0.15, 0.2) is 24.5 Å². The molecule has 0 unspecified atom stereocenters. The van der Waals surface area contributed by atoms with Crippen LogP contribution in [0, 0.1) is 5.82 Å². The summed E-state index contributed by atoms with van der Waals surface area (Å²) in [5.41, 5.74) is 3.54. The molecule has 2 rings (SSSR count). The van der Waals surface area contributed by atoms with Gasteiger partial charge in [-0.2, -0.15) is 0 Å². The lowest BCUT2D eigenvalue weighted by Gasteiger charge is -2.16. The number of nitrogen functional groups attached to an aromatic ring is 1. The van der Waals surface area contributed by atoms with Crippen LogP contribution in [0.2, 0.25) is 5.02 Å². The van der Waals surface area contributed by atoms with Crippen LogP contribution >= 0.6 is 11.6 Å². The summed E-state index contributed by atoms with van der Waals surface area (Å²) in [4.78, 5) is 8.20. The van der Waals surface area contributed by atoms with Gasteiger partial charge >= 0.3 is 0 Å². The third kappa shape index (κ3) is 2.81. The molecule has 106 valence electrons. The van der Waals surface area contributed by atoms with Crippen molar-refractivity contribution < 1.29 is 4.39 Å². The summed E-state index contributed by atoms with van der Waals surface area (Å²) in [5.74, 6) is 6.01. The molecular formula is C13H15ClFN5. The van der Waals surface area contributed by atoms with Gasteiger partial charge in [-0.05, 0) is 18.1 Å². The zero-order valence-electron chi connectivity index (χ0n) is 11.1. The highest BCUT2D eigenvalue weighted by atomic mass is 35.5. The van der Waals surface area contributed by atoms with Crippen molar-refractivity contribution in [2.24, 2.45) is 5.84 Å². The van der Waals surface area contributed by atoms with Gasteiger partial charge in [-0.3, -0.25) is 0 Å². The van der Waals surface area contributed by atoms with Gasteiger partial charge in [0.25, 0.3) is 0 Å². The van der Waals surface area contributed by atoms with Gasteiger partial charge in [0.1, 0.15) is 18.0 Å². The van der Waals surface area contributed by atoms with Gasteiger partial charge in [0.15, 0.2) is 5.82 Å². The van der Waals surface area contributed by atoms with E-state index in [1.807, 2.05) is 13.8 Å². The molecule has 4 N–H and O–H groups in total. The van der Waals surface area contributed by atoms with Crippen LogP contribution < -0.4 is 16.6 Å². The van der Waals surface area contributed by atoms with Crippen LogP contribution in [-0.4, -0.2) is 9.97 Å². The lowest BCUT2D eigenvalue weighted by atomic mass is 10.0. The molecule has 7 heteroatoms. The second kappa shape index (κ2) is 6.02. The lowest BCUT2D eigenvalue weighted by molar-refractivity contribution is 0.632. The van der Waals surface area contributed by atoms with Crippen molar-refractivity contribution in [3.8, 4) is 0 Å². The Morgan fingerprint density at radius 3 is 2.60 bits per heavy atom. The van der Waals surface area contributed by atoms with Gasteiger partial charge in [0.05, 0.1) is 10.7 Å². The highest BCUT2D eigenvalue weighted by Gasteiger charge is 2.16. The van der Waals surface area contributed by atoms with Crippen LogP contribution in [0.3, 0.4) is 0 Å². The second-order valence-corrected chi connectivity index (χ2v) is 4.92. The Kier molecular flexibility index (Phi) is 4.36. The van der Waals surface area contributed by atoms with Crippen molar-refractivity contribution in [3.63, 3.8) is 0 Å². The zero-order chi connectivity index (χ0) is 14.7. The number of nitrogens with two attached hydrogens (primary N) is 1. The number of halogens is 2. The molecular weight excluding hydrogens is 281 g/mol. The molecule has 0 radical (unpaired) electrons. The molecule has 0 saturated heterocycles. The Morgan fingerprint density at radius 1 is 1.25 bits per heavy atom. The maximum atomic E-state index is 13.9. The predicted octanol–water partition coefficient (Wildman–Crippen LogP) is 3.42. The normalized spacial score (nSPS) is 10.7. The number of hydrazine groups is 1. The monoisotopic (exact) mass is 295 g/mol. The maximum absolute atomic E-state index is 13.9. The van der Waals surface area contributed by atoms with Gasteiger partial charge in [0.2, 0.25) is 0 Å². The Labute approximate surface area is 121 Å². The Morgan fingerprint density at radius 2 is 1.95 bits per heavy atom. The standard InChI is InChI=1S/C13H15ClFN5/c1-7(2)10-12(17-6-18-13(10)20-16)19-9-5-3-4-8(14)11(9)15/h3-7H,16H2,1-2H3,(H2,17,18,19,20). The van der Waals surface area contributed by atoms with E-state index in [9.17, 15) is 4.39 Å². The minimum atomic E-state index is -0.523. The molecule has 0 saturated carbocycles. The molecule has 20 heavy (non-hydrogen) atoms. The van der Waals surface area contributed by atoms with E-state index in [1.165, 1.54) is 12.4 Å². The first kappa shape index (κ1) is 14.5. The fourth-order valence-electron chi connectivity index (χ4n) is 1.88. The number of aromatic nitrogens is 2. The van der Waals surface area contributed by atoms with Crippen LogP contribution in [0.1, 0.15) is 25.3 Å². The highest BCUT2D eigenvalue weighted by Crippen LogP contribution is 2.31. The second-order valence-electron chi connectivity index (χ2n) is 4.51. The number of nitrogens with one attached hydrogen (secondary N) is 2. The number of rotatable bonds is 4. The largest absolute Gasteiger partial charge is 0.337 e. The fraction of sp³-hybridized carbons (Fsp3) is 0.231. The quantitative estimate of drug-likeness (QED) is 0.595. The SMILES string of the molecule is CC(C)c1c(NN)ncnc1Nc1cccc(Cl)c1F. The van der Waals surface area contributed by atoms with Gasteiger partial charge in [-0.25, -0.2) is 20.2 Å². The molecule has 1 aromatic heterocycles. The van der Waals surface area contributed by atoms with Gasteiger partial charge in [-0.15, -0.1) is 0 Å². The molecule has 0 aliphatic heterocycles. The van der Waals surface area contributed by atoms with Gasteiger partial charge in [0, 0.05) is 5.56 Å². The first-order valence-electron chi connectivity index (χ1n) is 6.07. The van der Waals surface area contributed by atoms with Crippen molar-refractivity contribution in [1.82, 2.24) is 9.97 Å². The third-order valence-electron chi connectivity index (χ3n) is 2.80. The lowest BCUT2D eigenvalue weighted by Crippen LogP contribution is -2.14. The zero-order valence-corrected chi connectivity index (χ0v) is 11.9. The van der Waals surface area contributed by atoms with E-state index in [1.54, 1.807) is 12.1 Å². The molecule has 0 aliphatic carbocycles. The third-order valence-corrected chi connectivity index (χ3v) is 3.09. The molecule has 5 nitrogen and oxygen atoms in total. The minimum absolute atomic E-state index is 0.0485. The predicted molar refractivity (Wildman–Crippen MR) is 78.6 cm³/mol. The van der Waals surface area contributed by atoms with E-state index in [2.05, 4.69) is 20.7 Å². The summed E-state index contributed by atoms with van der Waals surface area (Å²) in [6.07, 6.45) is 1.35. The summed E-state index contributed by atoms with van der Waals surface area (Å²) in [6, 6.07) is 4.73. The van der Waals surface area contributed by atoms with Crippen LogP contribution in [-0.2, 0) is 0 Å². The summed E-state index contributed by atoms with van der Waals surface area (Å²) < 4.78 is 13.9. The molecule has 1 heterocycles. The summed E-state index contributed by atoms with van der Waals surface area (Å²) in [7, 11) is 0. The highest BCUT2D eigenvalue weighted by molar-refractivity contribution is 6.31. The molecule has 0 aliphatic rings. The molecule has 0 fully saturated rings. The Balaban J connectivity index is 2.46. The van der Waals surface area contributed by atoms with Gasteiger partial charge < -0.3 is 10.7 Å². The molecule has 0 bridgehead atoms. The van der Waals surface area contributed by atoms with E-state index in [0.717, 1.165) is 5.56 Å². The maximum Gasteiger partial charge on any atom is 0.165 e. The minimum Gasteiger partial charge on any atom is -0.337 e. The number of benzene rings is 1. The number of nitrogens with zero attached hydrogens (tertiary/aromatic N) is 2. The van der Waals surface area contributed by atoms with Crippen LogP contribution in [0.25, 0.3) is 0 Å². The Hall–Kier alpha value is -1.92. The molecule has 0 spiro atoms. The summed E-state index contributed by atoms with van der Waals surface area (Å²) in [6.45, 7) is 3.94. The van der Waals surface area contributed by atoms with E-state index in [0.29, 0.717) is 11.6 Å². The average molecular weight is 296 g/mol. The molecule has 0 atom stereocenters. The first-order valence-corrected chi connectivity index (χ1v) is 6.45. The van der Waals surface area contributed by atoms with Gasteiger partial charge in [-0.1, -0.05) is 31.5 Å². The summed E-state index contributed by atoms with van der Waals surface area (Å²) >= 11 is 5.76. The van der Waals surface area contributed by atoms with Crippen LogP contribution in [0.5, 0.6) is 0 Å². The number of anilines is 3. The number of hydrogen-bond donors (Lipinski definition) is 3. The van der Waals surface area contributed by atoms with Crippen molar-refractivity contribution >= 4 is 28.9 Å². The summed E-state index contributed by atoms with van der Waals surface area (Å²) in [5, 5.41) is 2.98. The smallest absolute Gasteiger partial charge is 0.165 e. The topological polar surface area (TPSA) is 75.9 Å². The van der Waals surface area contributed by atoms with Crippen molar-refractivity contribution in [2.75, 3.05) is 10.7 Å². The first-order chi connectivity index (χ1) is 9.54. The van der Waals surface area contributed by atoms with Crippen molar-refractivity contribution in [3.05, 3.63) is 40.9 Å². The van der Waals surface area contributed by atoms with E-state index >= 15 is 0 Å². The van der Waals surface area contributed by atoms with Crippen molar-refractivity contribution in [1.29, 1.82) is 0 Å². The number of hydrogen-bond acceptors (Lipinski definition) is 5. The fourth-order valence-corrected chi connectivity index (χ4v) is 2.06. The van der Waals surface area contributed by atoms with E-state index in [4.69, 9.17) is 17.4 Å². The molecule has 0 amide bonds. The molecule has 1 aromatic carbocycles. The van der Waals surface area contributed by atoms with Crippen molar-refractivity contribution in [2.45, 2.75) is 19.8 Å². The van der Waals surface area contributed by atoms with Crippen LogP contribution in [0.4, 0.5) is 21.7 Å². The van der Waals surface area contributed by atoms with E-state index in [-0.39, 0.29) is 16.6 Å². The molecule has 2 aromatic rings.